The van der Waals surface area contributed by atoms with Crippen LogP contribution in [0.25, 0.3) is 0 Å². The molecular weight excluding hydrogens is 310 g/mol. The number of nitrogens with one attached hydrogen (secondary N) is 1. The van der Waals surface area contributed by atoms with E-state index in [1.165, 1.54) is 0 Å². The fourth-order valence-corrected chi connectivity index (χ4v) is 3.01. The van der Waals surface area contributed by atoms with Gasteiger partial charge in [0.2, 0.25) is 0 Å². The van der Waals surface area contributed by atoms with Crippen molar-refractivity contribution in [3.8, 4) is 0 Å². The highest BCUT2D eigenvalue weighted by atomic mass is 35.5. The Morgan fingerprint density at radius 3 is 2.95 bits per heavy atom. The highest BCUT2D eigenvalue weighted by Gasteiger charge is 2.32. The number of hydrogen-bond donors (Lipinski definition) is 1. The molecule has 1 aromatic heterocycles. The average molecular weight is 326 g/mol. The molecule has 1 aliphatic heterocycles. The Bertz CT molecular complexity index is 616. The second kappa shape index (κ2) is 6.36. The Labute approximate surface area is 132 Å². The van der Waals surface area contributed by atoms with Crippen LogP contribution in [0.1, 0.15) is 18.6 Å². The van der Waals surface area contributed by atoms with Gasteiger partial charge in [-0.25, -0.2) is 0 Å². The van der Waals surface area contributed by atoms with E-state index in [1.807, 2.05) is 24.3 Å². The van der Waals surface area contributed by atoms with Crippen LogP contribution in [0.4, 0.5) is 0 Å². The minimum atomic E-state index is -0.110. The molecule has 0 unspecified atom stereocenters. The van der Waals surface area contributed by atoms with E-state index in [0.717, 1.165) is 23.0 Å². The number of ether oxygens (including phenoxy) is 1. The van der Waals surface area contributed by atoms with Gasteiger partial charge in [-0.1, -0.05) is 28.9 Å². The summed E-state index contributed by atoms with van der Waals surface area (Å²) in [6.45, 7) is 4.13. The zero-order valence-corrected chi connectivity index (χ0v) is 13.2. The first-order chi connectivity index (χ1) is 10.1. The molecule has 0 aliphatic carbocycles. The maximum atomic E-state index is 6.11. The van der Waals surface area contributed by atoms with Gasteiger partial charge in [0.05, 0.1) is 16.4 Å². The number of nitrogens with zero attached hydrogens (tertiary/aromatic N) is 2. The summed E-state index contributed by atoms with van der Waals surface area (Å²) in [5.74, 6) is 1.78. The molecule has 1 aliphatic rings. The van der Waals surface area contributed by atoms with Gasteiger partial charge in [0.25, 0.3) is 5.89 Å². The molecule has 112 valence electrons. The zero-order valence-electron chi connectivity index (χ0n) is 11.6. The summed E-state index contributed by atoms with van der Waals surface area (Å²) in [4.78, 5) is 5.34. The Hall–Kier alpha value is -1.08. The molecule has 1 fully saturated rings. The van der Waals surface area contributed by atoms with Crippen LogP contribution in [0.3, 0.4) is 0 Å². The van der Waals surface area contributed by atoms with Crippen LogP contribution >= 0.6 is 23.4 Å². The first-order valence-electron chi connectivity index (χ1n) is 6.68. The molecule has 0 saturated carbocycles. The quantitative estimate of drug-likeness (QED) is 0.824. The van der Waals surface area contributed by atoms with E-state index in [1.54, 1.807) is 11.8 Å². The van der Waals surface area contributed by atoms with Gasteiger partial charge in [0.15, 0.2) is 5.82 Å². The first kappa shape index (κ1) is 14.8. The van der Waals surface area contributed by atoms with Gasteiger partial charge < -0.3 is 14.6 Å². The lowest BCUT2D eigenvalue weighted by Crippen LogP contribution is -2.58. The van der Waals surface area contributed by atoms with E-state index in [2.05, 4.69) is 22.4 Å². The molecule has 21 heavy (non-hydrogen) atoms. The van der Waals surface area contributed by atoms with Crippen molar-refractivity contribution in [3.63, 3.8) is 0 Å². The van der Waals surface area contributed by atoms with Crippen LogP contribution in [0.15, 0.2) is 33.7 Å². The summed E-state index contributed by atoms with van der Waals surface area (Å²) in [5, 5.41) is 7.88. The summed E-state index contributed by atoms with van der Waals surface area (Å²) in [7, 11) is 0. The summed E-state index contributed by atoms with van der Waals surface area (Å²) < 4.78 is 11.0. The first-order valence-corrected chi connectivity index (χ1v) is 8.04. The lowest BCUT2D eigenvalue weighted by Gasteiger charge is -2.38. The fourth-order valence-electron chi connectivity index (χ4n) is 1.93. The predicted molar refractivity (Wildman–Crippen MR) is 81.4 cm³/mol. The van der Waals surface area contributed by atoms with Gasteiger partial charge >= 0.3 is 0 Å². The summed E-state index contributed by atoms with van der Waals surface area (Å²) >= 11 is 7.69. The number of hydrogen-bond acceptors (Lipinski definition) is 6. The van der Waals surface area contributed by atoms with E-state index in [9.17, 15) is 0 Å². The fraction of sp³-hybridized carbons (Fsp3) is 0.429. The van der Waals surface area contributed by atoms with E-state index in [0.29, 0.717) is 24.1 Å². The molecule has 0 amide bonds. The van der Waals surface area contributed by atoms with Crippen LogP contribution in [0.5, 0.6) is 0 Å². The third-order valence-electron chi connectivity index (χ3n) is 3.25. The molecule has 2 aromatic rings. The molecule has 1 N–H and O–H groups in total. The van der Waals surface area contributed by atoms with Crippen molar-refractivity contribution in [1.29, 1.82) is 0 Å². The molecule has 1 saturated heterocycles. The van der Waals surface area contributed by atoms with Crippen LogP contribution in [0.2, 0.25) is 5.02 Å². The predicted octanol–water partition coefficient (Wildman–Crippen LogP) is 2.89. The largest absolute Gasteiger partial charge is 0.363 e. The number of thioether (sulfide) groups is 1. The summed E-state index contributed by atoms with van der Waals surface area (Å²) in [5.41, 5.74) is -0.110. The van der Waals surface area contributed by atoms with E-state index in [-0.39, 0.29) is 5.60 Å². The lowest BCUT2D eigenvalue weighted by atomic mass is 10.0. The van der Waals surface area contributed by atoms with Crippen LogP contribution in [-0.4, -0.2) is 28.8 Å². The molecule has 0 radical (unpaired) electrons. The minimum absolute atomic E-state index is 0.110. The molecule has 1 aromatic carbocycles. The topological polar surface area (TPSA) is 60.2 Å². The van der Waals surface area contributed by atoms with Crippen LogP contribution in [-0.2, 0) is 17.1 Å². The molecule has 2 heterocycles. The molecule has 3 rings (SSSR count). The lowest BCUT2D eigenvalue weighted by molar-refractivity contribution is -0.0841. The van der Waals surface area contributed by atoms with Gasteiger partial charge in [0, 0.05) is 18.0 Å². The van der Waals surface area contributed by atoms with E-state index in [4.69, 9.17) is 20.9 Å². The highest BCUT2D eigenvalue weighted by molar-refractivity contribution is 7.98. The smallest absolute Gasteiger partial charge is 0.252 e. The number of benzene rings is 1. The van der Waals surface area contributed by atoms with Crippen LogP contribution < -0.4 is 5.32 Å². The second-order valence-corrected chi connectivity index (χ2v) is 6.59. The van der Waals surface area contributed by atoms with Gasteiger partial charge in [-0.15, -0.1) is 11.8 Å². The summed E-state index contributed by atoms with van der Waals surface area (Å²) in [6.07, 6.45) is 0. The Morgan fingerprint density at radius 2 is 2.24 bits per heavy atom. The number of rotatable bonds is 6. The monoisotopic (exact) mass is 325 g/mol. The molecule has 5 nitrogen and oxygen atoms in total. The van der Waals surface area contributed by atoms with Gasteiger partial charge in [-0.3, -0.25) is 0 Å². The number of halogens is 1. The second-order valence-electron chi connectivity index (χ2n) is 5.17. The van der Waals surface area contributed by atoms with Gasteiger partial charge in [-0.2, -0.15) is 4.98 Å². The summed E-state index contributed by atoms with van der Waals surface area (Å²) in [6, 6.07) is 7.71. The van der Waals surface area contributed by atoms with Crippen molar-refractivity contribution in [2.75, 3.05) is 13.1 Å². The highest BCUT2D eigenvalue weighted by Crippen LogP contribution is 2.28. The average Bonchev–Trinajstić information content (AvgIpc) is 2.90. The Morgan fingerprint density at radius 1 is 1.43 bits per heavy atom. The van der Waals surface area contributed by atoms with Crippen LogP contribution in [0, 0.1) is 0 Å². The SMILES string of the molecule is CC1(OCc2nc(CSc3ccccc3Cl)no2)CNC1. The molecular formula is C14H16ClN3O2S. The van der Waals surface area contributed by atoms with Crippen molar-refractivity contribution in [2.24, 2.45) is 0 Å². The van der Waals surface area contributed by atoms with E-state index >= 15 is 0 Å². The maximum Gasteiger partial charge on any atom is 0.252 e. The van der Waals surface area contributed by atoms with E-state index < -0.39 is 0 Å². The van der Waals surface area contributed by atoms with Crippen molar-refractivity contribution >= 4 is 23.4 Å². The standard InChI is InChI=1S/C14H16ClN3O2S/c1-14(8-16-9-14)19-6-13-17-12(18-20-13)7-21-11-5-3-2-4-10(11)15/h2-5,16H,6-9H2,1H3. The molecule has 0 atom stereocenters. The normalized spacial score (nSPS) is 16.7. The molecule has 0 spiro atoms. The van der Waals surface area contributed by atoms with Crippen molar-refractivity contribution in [3.05, 3.63) is 41.0 Å². The van der Waals surface area contributed by atoms with Gasteiger partial charge in [-0.05, 0) is 19.1 Å². The van der Waals surface area contributed by atoms with Crippen molar-refractivity contribution in [2.45, 2.75) is 29.8 Å². The molecule has 7 heteroatoms. The Balaban J connectivity index is 1.52. The third kappa shape index (κ3) is 3.77. The maximum absolute atomic E-state index is 6.11. The third-order valence-corrected chi connectivity index (χ3v) is 4.76. The molecule has 0 bridgehead atoms. The zero-order chi connectivity index (χ0) is 14.7. The van der Waals surface area contributed by atoms with Crippen molar-refractivity contribution in [1.82, 2.24) is 15.5 Å². The van der Waals surface area contributed by atoms with Crippen molar-refractivity contribution < 1.29 is 9.26 Å². The minimum Gasteiger partial charge on any atom is -0.363 e. The number of aromatic nitrogens is 2. The van der Waals surface area contributed by atoms with Gasteiger partial charge in [0.1, 0.15) is 6.61 Å². The Kier molecular flexibility index (Phi) is 4.49.